The first-order valence-corrected chi connectivity index (χ1v) is 9.93. The van der Waals surface area contributed by atoms with Crippen LogP contribution >= 0.6 is 0 Å². The summed E-state index contributed by atoms with van der Waals surface area (Å²) in [6.45, 7) is 9.47. The van der Waals surface area contributed by atoms with E-state index in [1.54, 1.807) is 23.2 Å². The Morgan fingerprint density at radius 2 is 2.03 bits per heavy atom. The maximum atomic E-state index is 14.0. The van der Waals surface area contributed by atoms with E-state index in [1.807, 2.05) is 33.9 Å². The quantitative estimate of drug-likeness (QED) is 0.460. The van der Waals surface area contributed by atoms with Gasteiger partial charge < -0.3 is 5.32 Å². The monoisotopic (exact) mass is 403 g/mol. The van der Waals surface area contributed by atoms with E-state index in [2.05, 4.69) is 17.0 Å². The highest BCUT2D eigenvalue weighted by Crippen LogP contribution is 2.41. The zero-order valence-corrected chi connectivity index (χ0v) is 17.4. The lowest BCUT2D eigenvalue weighted by molar-refractivity contribution is -0.0888. The van der Waals surface area contributed by atoms with E-state index in [1.165, 1.54) is 6.08 Å². The zero-order chi connectivity index (χ0) is 21.3. The topological polar surface area (TPSA) is 27.6 Å². The van der Waals surface area contributed by atoms with Crippen LogP contribution in [0.5, 0.6) is 0 Å². The minimum Gasteiger partial charge on any atom is -0.388 e. The van der Waals surface area contributed by atoms with Crippen LogP contribution in [0.3, 0.4) is 0 Å². The van der Waals surface area contributed by atoms with E-state index >= 15 is 0 Å². The number of allylic oxidation sites excluding steroid dienone is 3. The number of nitrogens with zero attached hydrogens (tertiary/aromatic N) is 2. The molecule has 0 bridgehead atoms. The van der Waals surface area contributed by atoms with E-state index in [0.717, 1.165) is 35.4 Å². The van der Waals surface area contributed by atoms with E-state index in [4.69, 9.17) is 0 Å². The van der Waals surface area contributed by atoms with Crippen molar-refractivity contribution in [2.24, 2.45) is 11.0 Å². The Balaban J connectivity index is 2.23. The molecule has 1 aliphatic carbocycles. The summed E-state index contributed by atoms with van der Waals surface area (Å²) >= 11 is 0. The molecular formula is C23H28F3N3. The van der Waals surface area contributed by atoms with Gasteiger partial charge in [-0.3, -0.25) is 5.01 Å². The molecule has 3 nitrogen and oxygen atoms in total. The molecular weight excluding hydrogens is 375 g/mol. The summed E-state index contributed by atoms with van der Waals surface area (Å²) in [5.74, 6) is 0.383. The molecule has 1 fully saturated rings. The van der Waals surface area contributed by atoms with Gasteiger partial charge in [-0.1, -0.05) is 12.2 Å². The summed E-state index contributed by atoms with van der Waals surface area (Å²) in [6, 6.07) is 3.36. The minimum atomic E-state index is -4.47. The Morgan fingerprint density at radius 3 is 2.59 bits per heavy atom. The van der Waals surface area contributed by atoms with Gasteiger partial charge in [0.05, 0.1) is 17.3 Å². The number of hydrazone groups is 1. The first-order chi connectivity index (χ1) is 13.7. The average molecular weight is 403 g/mol. The highest BCUT2D eigenvalue weighted by Gasteiger charge is 2.40. The smallest absolute Gasteiger partial charge is 0.388 e. The van der Waals surface area contributed by atoms with Crippen molar-refractivity contribution in [1.29, 1.82) is 0 Å². The summed E-state index contributed by atoms with van der Waals surface area (Å²) in [5, 5.41) is 9.35. The lowest BCUT2D eigenvalue weighted by Crippen LogP contribution is -2.33. The van der Waals surface area contributed by atoms with Gasteiger partial charge in [-0.15, -0.1) is 6.58 Å². The van der Waals surface area contributed by atoms with E-state index in [9.17, 15) is 13.2 Å². The number of benzene rings is 1. The molecule has 1 aromatic carbocycles. The molecule has 1 N–H and O–H groups in total. The number of aryl methyl sites for hydroxylation is 1. The number of hydrogen-bond acceptors (Lipinski definition) is 3. The van der Waals surface area contributed by atoms with Crippen LogP contribution in [0.2, 0.25) is 0 Å². The number of hydrogen-bond donors (Lipinski definition) is 1. The van der Waals surface area contributed by atoms with Crippen molar-refractivity contribution in [3.05, 3.63) is 59.2 Å². The van der Waals surface area contributed by atoms with Crippen molar-refractivity contribution >= 4 is 17.1 Å². The van der Waals surface area contributed by atoms with Crippen LogP contribution in [-0.4, -0.2) is 30.0 Å². The van der Waals surface area contributed by atoms with Crippen molar-refractivity contribution in [2.45, 2.75) is 52.3 Å². The average Bonchev–Trinajstić information content (AvgIpc) is 3.47. The molecule has 1 aliphatic heterocycles. The van der Waals surface area contributed by atoms with Crippen molar-refractivity contribution in [2.75, 3.05) is 12.4 Å². The molecule has 2 aliphatic rings. The molecule has 1 atom stereocenters. The first-order valence-electron chi connectivity index (χ1n) is 9.93. The van der Waals surface area contributed by atoms with Gasteiger partial charge in [0.1, 0.15) is 0 Å². The van der Waals surface area contributed by atoms with Crippen molar-refractivity contribution < 1.29 is 13.2 Å². The van der Waals surface area contributed by atoms with Gasteiger partial charge in [-0.2, -0.15) is 18.3 Å². The Hall–Kier alpha value is -2.50. The summed E-state index contributed by atoms with van der Waals surface area (Å²) in [5.41, 5.74) is 3.59. The van der Waals surface area contributed by atoms with Crippen molar-refractivity contribution in [1.82, 2.24) is 5.01 Å². The summed E-state index contributed by atoms with van der Waals surface area (Å²) in [7, 11) is 1.82. The molecule has 29 heavy (non-hydrogen) atoms. The Morgan fingerprint density at radius 1 is 1.34 bits per heavy atom. The fourth-order valence-electron chi connectivity index (χ4n) is 3.80. The molecule has 1 saturated carbocycles. The van der Waals surface area contributed by atoms with E-state index < -0.39 is 11.7 Å². The lowest BCUT2D eigenvalue weighted by atomic mass is 9.94. The van der Waals surface area contributed by atoms with Gasteiger partial charge in [0, 0.05) is 24.0 Å². The molecule has 3 rings (SSSR count). The molecule has 1 unspecified atom stereocenters. The molecule has 0 spiro atoms. The third kappa shape index (κ3) is 4.41. The lowest BCUT2D eigenvalue weighted by Gasteiger charge is -2.34. The molecule has 0 amide bonds. The Labute approximate surface area is 170 Å². The molecule has 1 heterocycles. The molecule has 156 valence electrons. The van der Waals surface area contributed by atoms with Crippen molar-refractivity contribution in [3.8, 4) is 0 Å². The second-order valence-electron chi connectivity index (χ2n) is 7.79. The maximum absolute atomic E-state index is 14.0. The fourth-order valence-corrected chi connectivity index (χ4v) is 3.80. The van der Waals surface area contributed by atoms with Crippen LogP contribution in [0.4, 0.5) is 18.9 Å². The molecule has 1 aromatic rings. The van der Waals surface area contributed by atoms with Crippen LogP contribution in [0.25, 0.3) is 5.70 Å². The molecule has 0 saturated heterocycles. The van der Waals surface area contributed by atoms with Gasteiger partial charge in [-0.25, -0.2) is 0 Å². The van der Waals surface area contributed by atoms with E-state index in [-0.39, 0.29) is 11.7 Å². The highest BCUT2D eigenvalue weighted by molar-refractivity contribution is 5.87. The van der Waals surface area contributed by atoms with Crippen LogP contribution in [0.1, 0.15) is 43.4 Å². The maximum Gasteiger partial charge on any atom is 0.418 e. The first kappa shape index (κ1) is 21.2. The second-order valence-corrected chi connectivity index (χ2v) is 7.79. The zero-order valence-electron chi connectivity index (χ0n) is 17.4. The standard InChI is InChI=1S/C23H28F3N3/c1-6-7-18-13-19(12-14(2)21(18)27-5)22-20(23(24,25)26)11-8-15(3)29(22)28-16(4)17-9-10-17/h6,8,11-13,15,17,27H,1,7,9-10H2,2-5H3/b28-16+. The second kappa shape index (κ2) is 8.09. The third-order valence-electron chi connectivity index (χ3n) is 5.46. The van der Waals surface area contributed by atoms with Gasteiger partial charge in [0.2, 0.25) is 0 Å². The molecule has 0 radical (unpaired) electrons. The number of rotatable bonds is 6. The predicted molar refractivity (Wildman–Crippen MR) is 114 cm³/mol. The summed E-state index contributed by atoms with van der Waals surface area (Å²) < 4.78 is 41.9. The molecule has 0 aromatic heterocycles. The summed E-state index contributed by atoms with van der Waals surface area (Å²) in [4.78, 5) is 0. The SMILES string of the molecule is C=CCc1cc(C2=C(C(F)(F)F)C=CC(C)N2/N=C(\C)C2CC2)cc(C)c1NC. The van der Waals surface area contributed by atoms with Crippen molar-refractivity contribution in [3.63, 3.8) is 0 Å². The van der Waals surface area contributed by atoms with Crippen LogP contribution in [-0.2, 0) is 6.42 Å². The number of alkyl halides is 3. The van der Waals surface area contributed by atoms with Gasteiger partial charge >= 0.3 is 6.18 Å². The van der Waals surface area contributed by atoms with Crippen LogP contribution in [0, 0.1) is 12.8 Å². The number of halogens is 3. The Kier molecular flexibility index (Phi) is 5.92. The van der Waals surface area contributed by atoms with E-state index in [0.29, 0.717) is 17.9 Å². The van der Waals surface area contributed by atoms with Gasteiger partial charge in [0.15, 0.2) is 0 Å². The largest absolute Gasteiger partial charge is 0.418 e. The normalized spacial score (nSPS) is 20.3. The van der Waals surface area contributed by atoms with Crippen LogP contribution in [0.15, 0.2) is 47.6 Å². The Bertz CT molecular complexity index is 889. The minimum absolute atomic E-state index is 0.114. The summed E-state index contributed by atoms with van der Waals surface area (Å²) in [6.07, 6.45) is 2.71. The number of anilines is 1. The van der Waals surface area contributed by atoms with Crippen LogP contribution < -0.4 is 5.32 Å². The highest BCUT2D eigenvalue weighted by atomic mass is 19.4. The third-order valence-corrected chi connectivity index (χ3v) is 5.46. The van der Waals surface area contributed by atoms with Gasteiger partial charge in [0.25, 0.3) is 0 Å². The fraction of sp³-hybridized carbons (Fsp3) is 0.435. The predicted octanol–water partition coefficient (Wildman–Crippen LogP) is 6.08. The van der Waals surface area contributed by atoms with Gasteiger partial charge in [-0.05, 0) is 75.3 Å². The number of nitrogens with one attached hydrogen (secondary N) is 1. The molecule has 6 heteroatoms.